The zero-order valence-corrected chi connectivity index (χ0v) is 16.7. The van der Waals surface area contributed by atoms with E-state index in [1.807, 2.05) is 0 Å². The Hall–Kier alpha value is -0.440. The maximum absolute atomic E-state index is 10.9. The molecule has 0 aliphatic heterocycles. The minimum Gasteiger partial charge on any atom is -0.481 e. The van der Waals surface area contributed by atoms with Crippen LogP contribution in [0.25, 0.3) is 0 Å². The fraction of sp³-hybridized carbons (Fsp3) is 0.857. The number of carboxylic acid groups (broad SMARTS) is 1. The van der Waals surface area contributed by atoms with Crippen LogP contribution >= 0.6 is 12.6 Å². The molecule has 1 unspecified atom stereocenters. The number of carbonyl (C=O) groups is 1. The Kier molecular flexibility index (Phi) is 18.5. The van der Waals surface area contributed by atoms with Gasteiger partial charge >= 0.3 is 5.97 Å². The lowest BCUT2D eigenvalue weighted by molar-refractivity contribution is -0.141. The van der Waals surface area contributed by atoms with Crippen LogP contribution in [0.4, 0.5) is 0 Å². The molecule has 0 saturated carbocycles. The second-order valence-corrected chi connectivity index (χ2v) is 7.31. The molecule has 0 aromatic heterocycles. The number of aliphatic carboxylic acids is 1. The minimum absolute atomic E-state index is 0.259. The average Bonchev–Trinajstić information content (AvgIpc) is 2.57. The largest absolute Gasteiger partial charge is 0.481 e. The van der Waals surface area contributed by atoms with Gasteiger partial charge in [0, 0.05) is 5.75 Å². The normalized spacial score (nSPS) is 12.8. The lowest BCUT2D eigenvalue weighted by Gasteiger charge is -2.08. The van der Waals surface area contributed by atoms with Gasteiger partial charge < -0.3 is 5.11 Å². The van der Waals surface area contributed by atoms with Crippen molar-refractivity contribution in [3.8, 4) is 0 Å². The van der Waals surface area contributed by atoms with E-state index in [1.165, 1.54) is 77.0 Å². The molecule has 142 valence electrons. The molecule has 24 heavy (non-hydrogen) atoms. The molecule has 0 aliphatic rings. The second-order valence-electron chi connectivity index (χ2n) is 6.94. The molecule has 0 aliphatic carbocycles. The first kappa shape index (κ1) is 23.6. The van der Waals surface area contributed by atoms with Crippen molar-refractivity contribution in [3.05, 3.63) is 12.2 Å². The Morgan fingerprint density at radius 2 is 1.29 bits per heavy atom. The van der Waals surface area contributed by atoms with E-state index < -0.39 is 5.97 Å². The van der Waals surface area contributed by atoms with Crippen molar-refractivity contribution in [2.45, 2.75) is 103 Å². The molecule has 0 rings (SSSR count). The van der Waals surface area contributed by atoms with E-state index in [0.29, 0.717) is 5.75 Å². The summed E-state index contributed by atoms with van der Waals surface area (Å²) in [5.74, 6) is -0.497. The first-order chi connectivity index (χ1) is 11.7. The summed E-state index contributed by atoms with van der Waals surface area (Å²) in [6.45, 7) is 2.27. The minimum atomic E-state index is -0.697. The van der Waals surface area contributed by atoms with Crippen LogP contribution in [0.1, 0.15) is 103 Å². The van der Waals surface area contributed by atoms with E-state index in [-0.39, 0.29) is 5.92 Å². The van der Waals surface area contributed by atoms with Gasteiger partial charge in [0.15, 0.2) is 0 Å². The zero-order chi connectivity index (χ0) is 17.9. The smallest absolute Gasteiger partial charge is 0.307 e. The van der Waals surface area contributed by atoms with Crippen molar-refractivity contribution in [1.82, 2.24) is 0 Å². The molecular formula is C21H40O2S. The lowest BCUT2D eigenvalue weighted by atomic mass is 10.0. The van der Waals surface area contributed by atoms with Crippen molar-refractivity contribution in [2.75, 3.05) is 5.75 Å². The third kappa shape index (κ3) is 16.4. The molecule has 0 fully saturated rings. The van der Waals surface area contributed by atoms with Crippen molar-refractivity contribution < 1.29 is 9.90 Å². The molecular weight excluding hydrogens is 316 g/mol. The Bertz CT molecular complexity index is 302. The summed E-state index contributed by atoms with van der Waals surface area (Å²) in [5.41, 5.74) is 0. The highest BCUT2D eigenvalue weighted by Crippen LogP contribution is 2.14. The number of allylic oxidation sites excluding steroid dienone is 2. The number of rotatable bonds is 18. The quantitative estimate of drug-likeness (QED) is 0.157. The number of hydrogen-bond donors (Lipinski definition) is 2. The molecule has 0 amide bonds. The van der Waals surface area contributed by atoms with Crippen molar-refractivity contribution >= 4 is 18.6 Å². The van der Waals surface area contributed by atoms with E-state index in [4.69, 9.17) is 5.11 Å². The highest BCUT2D eigenvalue weighted by atomic mass is 32.1. The van der Waals surface area contributed by atoms with E-state index in [0.717, 1.165) is 19.3 Å². The number of unbranched alkanes of at least 4 members (excludes halogenated alkanes) is 12. The van der Waals surface area contributed by atoms with Crippen LogP contribution in [0.2, 0.25) is 0 Å². The van der Waals surface area contributed by atoms with Crippen molar-refractivity contribution in [1.29, 1.82) is 0 Å². The Balaban J connectivity index is 3.22. The maximum atomic E-state index is 10.9. The maximum Gasteiger partial charge on any atom is 0.307 e. The summed E-state index contributed by atoms with van der Waals surface area (Å²) >= 11 is 4.10. The fourth-order valence-corrected chi connectivity index (χ4v) is 3.27. The molecule has 1 atom stereocenters. The van der Waals surface area contributed by atoms with Gasteiger partial charge in [-0.05, 0) is 32.1 Å². The van der Waals surface area contributed by atoms with Gasteiger partial charge in [-0.1, -0.05) is 83.3 Å². The van der Waals surface area contributed by atoms with E-state index in [1.54, 1.807) is 0 Å². The summed E-state index contributed by atoms with van der Waals surface area (Å²) in [7, 11) is 0. The highest BCUT2D eigenvalue weighted by Gasteiger charge is 2.14. The molecule has 0 bridgehead atoms. The first-order valence-corrected chi connectivity index (χ1v) is 10.8. The van der Waals surface area contributed by atoms with Crippen LogP contribution in [-0.4, -0.2) is 16.8 Å². The number of carboxylic acids is 1. The van der Waals surface area contributed by atoms with Crippen LogP contribution in [-0.2, 0) is 4.79 Å². The fourth-order valence-electron chi connectivity index (χ4n) is 2.93. The predicted octanol–water partition coefficient (Wildman–Crippen LogP) is 7.04. The zero-order valence-electron chi connectivity index (χ0n) is 15.8. The molecule has 3 heteroatoms. The van der Waals surface area contributed by atoms with Crippen LogP contribution < -0.4 is 0 Å². The standard InChI is InChI=1S/C21H40O2S/c1-2-3-4-5-6-7-8-9-10-11-12-13-14-15-16-17-18-20(19-24)21(22)23/h9-10,20,24H,2-8,11-19H2,1H3,(H,22,23)/b10-9-. The van der Waals surface area contributed by atoms with Gasteiger partial charge in [0.1, 0.15) is 0 Å². The second kappa shape index (κ2) is 18.9. The van der Waals surface area contributed by atoms with E-state index >= 15 is 0 Å². The molecule has 0 spiro atoms. The van der Waals surface area contributed by atoms with Crippen LogP contribution in [0.5, 0.6) is 0 Å². The summed E-state index contributed by atoms with van der Waals surface area (Å²) in [4.78, 5) is 10.9. The summed E-state index contributed by atoms with van der Waals surface area (Å²) in [6.07, 6.45) is 23.5. The highest BCUT2D eigenvalue weighted by molar-refractivity contribution is 7.80. The van der Waals surface area contributed by atoms with Crippen molar-refractivity contribution in [2.24, 2.45) is 5.92 Å². The van der Waals surface area contributed by atoms with Gasteiger partial charge in [-0.2, -0.15) is 12.6 Å². The first-order valence-electron chi connectivity index (χ1n) is 10.2. The Labute approximate surface area is 155 Å². The van der Waals surface area contributed by atoms with Crippen molar-refractivity contribution in [3.63, 3.8) is 0 Å². The Morgan fingerprint density at radius 3 is 1.75 bits per heavy atom. The molecule has 0 aromatic carbocycles. The molecule has 0 radical (unpaired) electrons. The van der Waals surface area contributed by atoms with Gasteiger partial charge in [0.05, 0.1) is 5.92 Å². The summed E-state index contributed by atoms with van der Waals surface area (Å²) in [5, 5.41) is 8.94. The molecule has 0 saturated heterocycles. The van der Waals surface area contributed by atoms with Gasteiger partial charge in [-0.25, -0.2) is 0 Å². The van der Waals surface area contributed by atoms with E-state index in [9.17, 15) is 4.79 Å². The SMILES string of the molecule is CCCCCCCC/C=C\CCCCCCCCC(CS)C(=O)O. The van der Waals surface area contributed by atoms with Crippen LogP contribution in [0.3, 0.4) is 0 Å². The van der Waals surface area contributed by atoms with Gasteiger partial charge in [-0.15, -0.1) is 0 Å². The van der Waals surface area contributed by atoms with Crippen LogP contribution in [0, 0.1) is 5.92 Å². The molecule has 0 heterocycles. The average molecular weight is 357 g/mol. The molecule has 0 aromatic rings. The van der Waals surface area contributed by atoms with E-state index in [2.05, 4.69) is 31.7 Å². The van der Waals surface area contributed by atoms with Gasteiger partial charge in [-0.3, -0.25) is 4.79 Å². The number of thiol groups is 1. The van der Waals surface area contributed by atoms with Crippen LogP contribution in [0.15, 0.2) is 12.2 Å². The molecule has 2 nitrogen and oxygen atoms in total. The predicted molar refractivity (Wildman–Crippen MR) is 109 cm³/mol. The van der Waals surface area contributed by atoms with Gasteiger partial charge in [0.2, 0.25) is 0 Å². The number of hydrogen-bond acceptors (Lipinski definition) is 2. The van der Waals surface area contributed by atoms with Gasteiger partial charge in [0.25, 0.3) is 0 Å². The third-order valence-electron chi connectivity index (χ3n) is 4.63. The third-order valence-corrected chi connectivity index (χ3v) is 5.07. The topological polar surface area (TPSA) is 37.3 Å². The molecule has 1 N–H and O–H groups in total. The monoisotopic (exact) mass is 356 g/mol. The summed E-state index contributed by atoms with van der Waals surface area (Å²) in [6, 6.07) is 0. The Morgan fingerprint density at radius 1 is 0.833 bits per heavy atom. The summed E-state index contributed by atoms with van der Waals surface area (Å²) < 4.78 is 0. The lowest BCUT2D eigenvalue weighted by Crippen LogP contribution is -2.14.